The SMILES string of the molecule is CC(OC1CCCCCC1)C(=O)N1CCC(C(C)N)CC1.Cl. The van der Waals surface area contributed by atoms with Crippen LogP contribution in [0.3, 0.4) is 0 Å². The number of rotatable bonds is 4. The van der Waals surface area contributed by atoms with E-state index in [4.69, 9.17) is 10.5 Å². The Hall–Kier alpha value is -0.320. The van der Waals surface area contributed by atoms with E-state index in [9.17, 15) is 4.79 Å². The van der Waals surface area contributed by atoms with Crippen LogP contribution in [0.2, 0.25) is 0 Å². The molecule has 2 rings (SSSR count). The summed E-state index contributed by atoms with van der Waals surface area (Å²) in [5.74, 6) is 0.731. The summed E-state index contributed by atoms with van der Waals surface area (Å²) in [6.07, 6.45) is 9.39. The Morgan fingerprint density at radius 3 is 2.09 bits per heavy atom. The zero-order valence-corrected chi connectivity index (χ0v) is 14.9. The fourth-order valence-corrected chi connectivity index (χ4v) is 3.63. The molecule has 2 aliphatic rings. The molecule has 2 fully saturated rings. The average molecular weight is 333 g/mol. The zero-order chi connectivity index (χ0) is 15.2. The van der Waals surface area contributed by atoms with Crippen LogP contribution in [-0.2, 0) is 9.53 Å². The molecule has 0 aromatic rings. The molecule has 1 amide bonds. The van der Waals surface area contributed by atoms with Crippen molar-refractivity contribution in [1.29, 1.82) is 0 Å². The predicted octanol–water partition coefficient (Wildman–Crippen LogP) is 3.12. The third-order valence-corrected chi connectivity index (χ3v) is 5.14. The van der Waals surface area contributed by atoms with Gasteiger partial charge in [-0.3, -0.25) is 4.79 Å². The molecule has 0 aromatic heterocycles. The molecule has 22 heavy (non-hydrogen) atoms. The highest BCUT2D eigenvalue weighted by Crippen LogP contribution is 2.23. The minimum atomic E-state index is -0.292. The normalized spacial score (nSPS) is 24.2. The molecule has 2 atom stereocenters. The van der Waals surface area contributed by atoms with Gasteiger partial charge in [-0.15, -0.1) is 12.4 Å². The minimum absolute atomic E-state index is 0. The van der Waals surface area contributed by atoms with Gasteiger partial charge in [0, 0.05) is 19.1 Å². The van der Waals surface area contributed by atoms with Gasteiger partial charge in [-0.1, -0.05) is 25.7 Å². The van der Waals surface area contributed by atoms with Gasteiger partial charge in [0.05, 0.1) is 6.10 Å². The molecular formula is C17H33ClN2O2. The summed E-state index contributed by atoms with van der Waals surface area (Å²) in [6, 6.07) is 0.238. The number of hydrogen-bond acceptors (Lipinski definition) is 3. The Bertz CT molecular complexity index is 323. The summed E-state index contributed by atoms with van der Waals surface area (Å²) < 4.78 is 6.04. The average Bonchev–Trinajstić information content (AvgIpc) is 2.75. The summed E-state index contributed by atoms with van der Waals surface area (Å²) in [7, 11) is 0. The first-order chi connectivity index (χ1) is 10.1. The van der Waals surface area contributed by atoms with Gasteiger partial charge in [0.1, 0.15) is 6.10 Å². The zero-order valence-electron chi connectivity index (χ0n) is 14.1. The van der Waals surface area contributed by atoms with Crippen molar-refractivity contribution in [3.8, 4) is 0 Å². The number of carbonyl (C=O) groups is 1. The fourth-order valence-electron chi connectivity index (χ4n) is 3.63. The van der Waals surface area contributed by atoms with Crippen LogP contribution in [0.15, 0.2) is 0 Å². The number of nitrogens with zero attached hydrogens (tertiary/aromatic N) is 1. The van der Waals surface area contributed by atoms with Crippen LogP contribution in [0.4, 0.5) is 0 Å². The summed E-state index contributed by atoms with van der Waals surface area (Å²) in [6.45, 7) is 5.66. The van der Waals surface area contributed by atoms with Crippen molar-refractivity contribution < 1.29 is 9.53 Å². The number of hydrogen-bond donors (Lipinski definition) is 1. The van der Waals surface area contributed by atoms with Gasteiger partial charge in [-0.25, -0.2) is 0 Å². The predicted molar refractivity (Wildman–Crippen MR) is 92.2 cm³/mol. The maximum atomic E-state index is 12.5. The van der Waals surface area contributed by atoms with Gasteiger partial charge in [-0.2, -0.15) is 0 Å². The molecule has 4 nitrogen and oxygen atoms in total. The molecule has 130 valence electrons. The van der Waals surface area contributed by atoms with Crippen molar-refractivity contribution in [2.75, 3.05) is 13.1 Å². The molecule has 1 aliphatic carbocycles. The van der Waals surface area contributed by atoms with Crippen molar-refractivity contribution in [2.24, 2.45) is 11.7 Å². The molecule has 5 heteroatoms. The molecule has 1 saturated heterocycles. The lowest BCUT2D eigenvalue weighted by Crippen LogP contribution is -2.46. The Morgan fingerprint density at radius 2 is 1.59 bits per heavy atom. The van der Waals surface area contributed by atoms with Crippen molar-refractivity contribution in [1.82, 2.24) is 4.90 Å². The number of nitrogens with two attached hydrogens (primary N) is 1. The van der Waals surface area contributed by atoms with E-state index in [-0.39, 0.29) is 36.6 Å². The van der Waals surface area contributed by atoms with Crippen LogP contribution >= 0.6 is 12.4 Å². The Balaban J connectivity index is 0.00000242. The standard InChI is InChI=1S/C17H32N2O2.ClH/c1-13(18)15-9-11-19(12-10-15)17(20)14(2)21-16-7-5-3-4-6-8-16;/h13-16H,3-12,18H2,1-2H3;1H. The van der Waals surface area contributed by atoms with Crippen molar-refractivity contribution in [3.63, 3.8) is 0 Å². The molecule has 0 aromatic carbocycles. The molecule has 0 bridgehead atoms. The van der Waals surface area contributed by atoms with Crippen molar-refractivity contribution in [3.05, 3.63) is 0 Å². The van der Waals surface area contributed by atoms with E-state index >= 15 is 0 Å². The molecule has 0 spiro atoms. The molecule has 0 radical (unpaired) electrons. The number of amides is 1. The number of carbonyl (C=O) groups excluding carboxylic acids is 1. The summed E-state index contributed by atoms with van der Waals surface area (Å²) in [4.78, 5) is 14.5. The second kappa shape index (κ2) is 9.74. The molecule has 1 heterocycles. The largest absolute Gasteiger partial charge is 0.365 e. The third kappa shape index (κ3) is 5.71. The van der Waals surface area contributed by atoms with Crippen LogP contribution in [-0.4, -0.2) is 42.1 Å². The first kappa shape index (κ1) is 19.7. The second-order valence-electron chi connectivity index (χ2n) is 6.91. The molecule has 1 aliphatic heterocycles. The summed E-state index contributed by atoms with van der Waals surface area (Å²) >= 11 is 0. The lowest BCUT2D eigenvalue weighted by molar-refractivity contribution is -0.148. The highest BCUT2D eigenvalue weighted by atomic mass is 35.5. The lowest BCUT2D eigenvalue weighted by Gasteiger charge is -2.35. The van der Waals surface area contributed by atoms with Gasteiger partial charge < -0.3 is 15.4 Å². The van der Waals surface area contributed by atoms with Crippen molar-refractivity contribution >= 4 is 18.3 Å². The number of halogens is 1. The maximum Gasteiger partial charge on any atom is 0.251 e. The highest BCUT2D eigenvalue weighted by Gasteiger charge is 2.29. The topological polar surface area (TPSA) is 55.6 Å². The smallest absolute Gasteiger partial charge is 0.251 e. The number of likely N-dealkylation sites (tertiary alicyclic amines) is 1. The summed E-state index contributed by atoms with van der Waals surface area (Å²) in [5, 5.41) is 0. The van der Waals surface area contributed by atoms with Gasteiger partial charge in [0.25, 0.3) is 5.91 Å². The van der Waals surface area contributed by atoms with E-state index in [1.807, 2.05) is 11.8 Å². The Kier molecular flexibility index (Phi) is 8.73. The minimum Gasteiger partial charge on any atom is -0.365 e. The van der Waals surface area contributed by atoms with Gasteiger partial charge in [0.2, 0.25) is 0 Å². The molecular weight excluding hydrogens is 300 g/mol. The van der Waals surface area contributed by atoms with Crippen LogP contribution in [0, 0.1) is 5.92 Å². The van der Waals surface area contributed by atoms with E-state index in [1.54, 1.807) is 0 Å². The first-order valence-electron chi connectivity index (χ1n) is 8.77. The lowest BCUT2D eigenvalue weighted by atomic mass is 9.91. The van der Waals surface area contributed by atoms with Gasteiger partial charge >= 0.3 is 0 Å². The van der Waals surface area contributed by atoms with Crippen LogP contribution < -0.4 is 5.73 Å². The quantitative estimate of drug-likeness (QED) is 0.805. The van der Waals surface area contributed by atoms with Crippen LogP contribution in [0.1, 0.15) is 65.2 Å². The Morgan fingerprint density at radius 1 is 1.05 bits per heavy atom. The van der Waals surface area contributed by atoms with Crippen LogP contribution in [0.5, 0.6) is 0 Å². The van der Waals surface area contributed by atoms with E-state index in [0.717, 1.165) is 38.8 Å². The van der Waals surface area contributed by atoms with E-state index < -0.39 is 0 Å². The molecule has 2 N–H and O–H groups in total. The highest BCUT2D eigenvalue weighted by molar-refractivity contribution is 5.85. The van der Waals surface area contributed by atoms with E-state index in [0.29, 0.717) is 5.92 Å². The van der Waals surface area contributed by atoms with E-state index in [2.05, 4.69) is 6.92 Å². The molecule has 1 saturated carbocycles. The van der Waals surface area contributed by atoms with Gasteiger partial charge in [0.15, 0.2) is 0 Å². The monoisotopic (exact) mass is 332 g/mol. The van der Waals surface area contributed by atoms with E-state index in [1.165, 1.54) is 25.7 Å². The first-order valence-corrected chi connectivity index (χ1v) is 8.77. The van der Waals surface area contributed by atoms with Gasteiger partial charge in [-0.05, 0) is 45.4 Å². The fraction of sp³-hybridized carbons (Fsp3) is 0.941. The van der Waals surface area contributed by atoms with Crippen molar-refractivity contribution in [2.45, 2.75) is 83.5 Å². The second-order valence-corrected chi connectivity index (χ2v) is 6.91. The summed E-state index contributed by atoms with van der Waals surface area (Å²) in [5.41, 5.74) is 5.96. The molecule has 2 unspecified atom stereocenters. The van der Waals surface area contributed by atoms with Crippen LogP contribution in [0.25, 0.3) is 0 Å². The Labute approximate surface area is 141 Å². The third-order valence-electron chi connectivity index (χ3n) is 5.14. The number of piperidine rings is 1. The maximum absolute atomic E-state index is 12.5. The number of ether oxygens (including phenoxy) is 1.